The van der Waals surface area contributed by atoms with Gasteiger partial charge in [0.25, 0.3) is 5.91 Å². The fourth-order valence-corrected chi connectivity index (χ4v) is 3.90. The van der Waals surface area contributed by atoms with Crippen LogP contribution in [-0.2, 0) is 11.2 Å². The molecule has 0 bridgehead atoms. The second-order valence-electron chi connectivity index (χ2n) is 5.90. The van der Waals surface area contributed by atoms with Gasteiger partial charge in [-0.25, -0.2) is 0 Å². The van der Waals surface area contributed by atoms with Crippen LogP contribution in [-0.4, -0.2) is 33.3 Å². The van der Waals surface area contributed by atoms with Crippen LogP contribution < -0.4 is 14.8 Å². The largest absolute Gasteiger partial charge is 0.493 e. The number of nitrogens with one attached hydrogen (secondary N) is 1. The molecule has 1 aliphatic rings. The average molecular weight is 361 g/mol. The minimum atomic E-state index is -0.0327. The number of rotatable bonds is 7. The quantitative estimate of drug-likeness (QED) is 0.819. The molecule has 6 heteroatoms. The average Bonchev–Trinajstić information content (AvgIpc) is 3.32. The summed E-state index contributed by atoms with van der Waals surface area (Å²) in [4.78, 5) is 14.2. The number of carbonyl (C=O) groups is 1. The number of benzene rings is 1. The number of amides is 1. The molecule has 3 rings (SSSR count). The number of hydrogen-bond acceptors (Lipinski definition) is 5. The highest BCUT2D eigenvalue weighted by Gasteiger charge is 2.20. The Balaban J connectivity index is 1.52. The van der Waals surface area contributed by atoms with Crippen LogP contribution in [0, 0.1) is 0 Å². The maximum absolute atomic E-state index is 12.3. The van der Waals surface area contributed by atoms with Crippen molar-refractivity contribution < 1.29 is 19.0 Å². The van der Waals surface area contributed by atoms with Gasteiger partial charge in [-0.3, -0.25) is 4.79 Å². The first-order chi connectivity index (χ1) is 12.2. The first kappa shape index (κ1) is 17.8. The molecule has 134 valence electrons. The van der Waals surface area contributed by atoms with E-state index in [1.54, 1.807) is 14.2 Å². The highest BCUT2D eigenvalue weighted by molar-refractivity contribution is 7.14. The van der Waals surface area contributed by atoms with Crippen LogP contribution in [0.1, 0.15) is 39.1 Å². The van der Waals surface area contributed by atoms with E-state index in [1.807, 2.05) is 30.3 Å². The van der Waals surface area contributed by atoms with Crippen molar-refractivity contribution in [3.05, 3.63) is 45.6 Å². The number of ether oxygens (including phenoxy) is 3. The van der Waals surface area contributed by atoms with Gasteiger partial charge in [-0.2, -0.15) is 0 Å². The summed E-state index contributed by atoms with van der Waals surface area (Å²) in [7, 11) is 3.23. The zero-order valence-corrected chi connectivity index (χ0v) is 15.4. The van der Waals surface area contributed by atoms with Gasteiger partial charge in [-0.05, 0) is 49.1 Å². The van der Waals surface area contributed by atoms with E-state index in [0.717, 1.165) is 41.2 Å². The third-order valence-electron chi connectivity index (χ3n) is 4.24. The molecule has 1 aromatic heterocycles. The molecule has 5 nitrogen and oxygen atoms in total. The summed E-state index contributed by atoms with van der Waals surface area (Å²) >= 11 is 1.52. The Hall–Kier alpha value is -2.05. The third-order valence-corrected chi connectivity index (χ3v) is 5.42. The lowest BCUT2D eigenvalue weighted by Crippen LogP contribution is -2.24. The Morgan fingerprint density at radius 1 is 1.24 bits per heavy atom. The van der Waals surface area contributed by atoms with Crippen molar-refractivity contribution in [3.63, 3.8) is 0 Å². The van der Waals surface area contributed by atoms with Crippen molar-refractivity contribution in [2.75, 3.05) is 27.4 Å². The van der Waals surface area contributed by atoms with Gasteiger partial charge in [0.2, 0.25) is 0 Å². The SMILES string of the molecule is COc1ccc(CCNC(=O)c2ccc(C3CCCO3)s2)cc1OC. The first-order valence-electron chi connectivity index (χ1n) is 8.41. The number of hydrogen-bond donors (Lipinski definition) is 1. The summed E-state index contributed by atoms with van der Waals surface area (Å²) in [6.45, 7) is 1.39. The highest BCUT2D eigenvalue weighted by atomic mass is 32.1. The Morgan fingerprint density at radius 2 is 2.08 bits per heavy atom. The number of carbonyl (C=O) groups excluding carboxylic acids is 1. The molecule has 2 aromatic rings. The first-order valence-corrected chi connectivity index (χ1v) is 9.23. The molecule has 1 aromatic carbocycles. The minimum Gasteiger partial charge on any atom is -0.493 e. The van der Waals surface area contributed by atoms with E-state index in [9.17, 15) is 4.79 Å². The molecular weight excluding hydrogens is 338 g/mol. The van der Waals surface area contributed by atoms with E-state index >= 15 is 0 Å². The standard InChI is InChI=1S/C19H23NO4S/c1-22-14-6-5-13(12-16(14)23-2)9-10-20-19(21)18-8-7-17(25-18)15-4-3-11-24-15/h5-8,12,15H,3-4,9-11H2,1-2H3,(H,20,21). The molecule has 0 radical (unpaired) electrons. The Morgan fingerprint density at radius 3 is 2.80 bits per heavy atom. The van der Waals surface area contributed by atoms with Crippen LogP contribution in [0.25, 0.3) is 0 Å². The third kappa shape index (κ3) is 4.32. The smallest absolute Gasteiger partial charge is 0.261 e. The Bertz CT molecular complexity index is 722. The van der Waals surface area contributed by atoms with Gasteiger partial charge in [-0.15, -0.1) is 11.3 Å². The lowest BCUT2D eigenvalue weighted by molar-refractivity contribution is 0.0958. The summed E-state index contributed by atoms with van der Waals surface area (Å²) in [5.74, 6) is 1.37. The van der Waals surface area contributed by atoms with Gasteiger partial charge in [0, 0.05) is 18.0 Å². The fourth-order valence-electron chi connectivity index (χ4n) is 2.89. The van der Waals surface area contributed by atoms with Crippen molar-refractivity contribution in [1.29, 1.82) is 0 Å². The van der Waals surface area contributed by atoms with Crippen LogP contribution in [0.15, 0.2) is 30.3 Å². The van der Waals surface area contributed by atoms with Crippen LogP contribution >= 0.6 is 11.3 Å². The Kier molecular flexibility index (Phi) is 5.94. The van der Waals surface area contributed by atoms with Crippen molar-refractivity contribution in [1.82, 2.24) is 5.32 Å². The molecule has 25 heavy (non-hydrogen) atoms. The molecule has 2 heterocycles. The van der Waals surface area contributed by atoms with E-state index in [4.69, 9.17) is 14.2 Å². The summed E-state index contributed by atoms with van der Waals surface area (Å²) in [5.41, 5.74) is 1.09. The molecule has 1 aliphatic heterocycles. The summed E-state index contributed by atoms with van der Waals surface area (Å²) in [5, 5.41) is 2.98. The second-order valence-corrected chi connectivity index (χ2v) is 7.01. The molecule has 0 saturated carbocycles. The number of thiophene rings is 1. The highest BCUT2D eigenvalue weighted by Crippen LogP contribution is 2.33. The Labute approximate surface area is 151 Å². The molecule has 1 amide bonds. The number of methoxy groups -OCH3 is 2. The maximum Gasteiger partial charge on any atom is 0.261 e. The predicted octanol–water partition coefficient (Wildman–Crippen LogP) is 3.59. The van der Waals surface area contributed by atoms with Crippen molar-refractivity contribution in [2.45, 2.75) is 25.4 Å². The van der Waals surface area contributed by atoms with Crippen LogP contribution in [0.2, 0.25) is 0 Å². The molecular formula is C19H23NO4S. The van der Waals surface area contributed by atoms with Crippen LogP contribution in [0.4, 0.5) is 0 Å². The van der Waals surface area contributed by atoms with E-state index in [0.29, 0.717) is 18.0 Å². The predicted molar refractivity (Wildman–Crippen MR) is 97.8 cm³/mol. The van der Waals surface area contributed by atoms with Gasteiger partial charge in [0.15, 0.2) is 11.5 Å². The zero-order chi connectivity index (χ0) is 17.6. The maximum atomic E-state index is 12.3. The van der Waals surface area contributed by atoms with E-state index in [-0.39, 0.29) is 12.0 Å². The van der Waals surface area contributed by atoms with E-state index < -0.39 is 0 Å². The molecule has 1 atom stereocenters. The van der Waals surface area contributed by atoms with Gasteiger partial charge in [0.1, 0.15) is 0 Å². The van der Waals surface area contributed by atoms with Crippen molar-refractivity contribution in [2.24, 2.45) is 0 Å². The van der Waals surface area contributed by atoms with Crippen molar-refractivity contribution in [3.8, 4) is 11.5 Å². The van der Waals surface area contributed by atoms with Gasteiger partial charge in [-0.1, -0.05) is 6.07 Å². The van der Waals surface area contributed by atoms with E-state index in [2.05, 4.69) is 5.32 Å². The van der Waals surface area contributed by atoms with Crippen LogP contribution in [0.3, 0.4) is 0 Å². The molecule has 1 saturated heterocycles. The van der Waals surface area contributed by atoms with Crippen LogP contribution in [0.5, 0.6) is 11.5 Å². The normalized spacial score (nSPS) is 16.6. The van der Waals surface area contributed by atoms with Gasteiger partial charge in [0.05, 0.1) is 25.2 Å². The van der Waals surface area contributed by atoms with Gasteiger partial charge >= 0.3 is 0 Å². The summed E-state index contributed by atoms with van der Waals surface area (Å²) in [6.07, 6.45) is 3.03. The van der Waals surface area contributed by atoms with Crippen molar-refractivity contribution >= 4 is 17.2 Å². The fraction of sp³-hybridized carbons (Fsp3) is 0.421. The zero-order valence-electron chi connectivity index (χ0n) is 14.5. The molecule has 0 spiro atoms. The lowest BCUT2D eigenvalue weighted by atomic mass is 10.1. The minimum absolute atomic E-state index is 0.0327. The topological polar surface area (TPSA) is 56.8 Å². The van der Waals surface area contributed by atoms with Gasteiger partial charge < -0.3 is 19.5 Å². The molecule has 0 aliphatic carbocycles. The van der Waals surface area contributed by atoms with E-state index in [1.165, 1.54) is 11.3 Å². The lowest BCUT2D eigenvalue weighted by Gasteiger charge is -2.10. The molecule has 1 N–H and O–H groups in total. The summed E-state index contributed by atoms with van der Waals surface area (Å²) < 4.78 is 16.2. The molecule has 1 fully saturated rings. The molecule has 1 unspecified atom stereocenters. The second kappa shape index (κ2) is 8.36. The summed E-state index contributed by atoms with van der Waals surface area (Å²) in [6, 6.07) is 9.68. The monoisotopic (exact) mass is 361 g/mol.